The Labute approximate surface area is 236 Å². The summed E-state index contributed by atoms with van der Waals surface area (Å²) in [5, 5.41) is 5.13. The minimum absolute atomic E-state index is 0.261. The van der Waals surface area contributed by atoms with Gasteiger partial charge < -0.3 is 9.47 Å². The third kappa shape index (κ3) is 6.86. The molecule has 2 nitrogen and oxygen atoms in total. The van der Waals surface area contributed by atoms with Gasteiger partial charge in [-0.2, -0.15) is 0 Å². The summed E-state index contributed by atoms with van der Waals surface area (Å²) in [6.07, 6.45) is 8.54. The van der Waals surface area contributed by atoms with Crippen LogP contribution in [0.4, 0.5) is 0 Å². The van der Waals surface area contributed by atoms with Gasteiger partial charge in [0.25, 0.3) is 0 Å². The first-order chi connectivity index (χ1) is 18.0. The molecule has 4 rings (SSSR count). The summed E-state index contributed by atoms with van der Waals surface area (Å²) < 4.78 is 13.1. The molecule has 4 aromatic rings. The fourth-order valence-corrected chi connectivity index (χ4v) is 5.68. The van der Waals surface area contributed by atoms with E-state index in [1.807, 2.05) is 6.92 Å². The third-order valence-corrected chi connectivity index (χ3v) is 8.06. The normalized spacial score (nSPS) is 12.4. The first kappa shape index (κ1) is 27.9. The molecule has 0 heterocycles. The summed E-state index contributed by atoms with van der Waals surface area (Å²) in [6, 6.07) is 23.0. The fourth-order valence-electron chi connectivity index (χ4n) is 5.19. The van der Waals surface area contributed by atoms with Crippen molar-refractivity contribution in [3.8, 4) is 16.9 Å². The highest BCUT2D eigenvalue weighted by atomic mass is 127. The average Bonchev–Trinajstić information content (AvgIpc) is 2.91. The Morgan fingerprint density at radius 1 is 0.784 bits per heavy atom. The Kier molecular flexibility index (Phi) is 10.3. The van der Waals surface area contributed by atoms with Crippen molar-refractivity contribution in [2.75, 3.05) is 13.4 Å². The maximum atomic E-state index is 6.26. The molecule has 0 aliphatic carbocycles. The molecule has 1 unspecified atom stereocenters. The van der Waals surface area contributed by atoms with Gasteiger partial charge in [0.1, 0.15) is 5.75 Å². The van der Waals surface area contributed by atoms with Gasteiger partial charge in [-0.15, -0.1) is 0 Å². The number of hydrogen-bond acceptors (Lipinski definition) is 2. The Bertz CT molecular complexity index is 1330. The second-order valence-corrected chi connectivity index (χ2v) is 11.4. The zero-order valence-electron chi connectivity index (χ0n) is 22.9. The van der Waals surface area contributed by atoms with Gasteiger partial charge in [-0.25, -0.2) is 0 Å². The molecule has 37 heavy (non-hydrogen) atoms. The topological polar surface area (TPSA) is 18.5 Å². The van der Waals surface area contributed by atoms with Crippen molar-refractivity contribution in [1.82, 2.24) is 0 Å². The van der Waals surface area contributed by atoms with Crippen LogP contribution >= 0.6 is 22.6 Å². The van der Waals surface area contributed by atoms with Gasteiger partial charge in [-0.1, -0.05) is 76.8 Å². The van der Waals surface area contributed by atoms with Gasteiger partial charge >= 0.3 is 0 Å². The van der Waals surface area contributed by atoms with Gasteiger partial charge in [0.15, 0.2) is 6.79 Å². The lowest BCUT2D eigenvalue weighted by Gasteiger charge is -2.20. The van der Waals surface area contributed by atoms with E-state index in [2.05, 4.69) is 104 Å². The molecule has 0 aromatic heterocycles. The van der Waals surface area contributed by atoms with E-state index < -0.39 is 0 Å². The molecule has 1 atom stereocenters. The quantitative estimate of drug-likeness (QED) is 0.0651. The van der Waals surface area contributed by atoms with Crippen LogP contribution in [-0.4, -0.2) is 13.4 Å². The van der Waals surface area contributed by atoms with Crippen LogP contribution in [-0.2, 0) is 11.2 Å². The predicted molar refractivity (Wildman–Crippen MR) is 168 cm³/mol. The van der Waals surface area contributed by atoms with Crippen molar-refractivity contribution in [2.24, 2.45) is 0 Å². The zero-order valence-corrected chi connectivity index (χ0v) is 25.1. The van der Waals surface area contributed by atoms with E-state index in [9.17, 15) is 0 Å². The maximum absolute atomic E-state index is 6.26. The molecule has 0 radical (unpaired) electrons. The summed E-state index contributed by atoms with van der Waals surface area (Å²) in [6.45, 7) is 9.80. The second-order valence-electron chi connectivity index (χ2n) is 10.2. The average molecular weight is 609 g/mol. The molecule has 0 amide bonds. The van der Waals surface area contributed by atoms with Gasteiger partial charge in [-0.05, 0) is 118 Å². The highest BCUT2D eigenvalue weighted by molar-refractivity contribution is 14.1. The van der Waals surface area contributed by atoms with Crippen LogP contribution in [0.15, 0.2) is 60.7 Å². The first-order valence-electron chi connectivity index (χ1n) is 14.0. The van der Waals surface area contributed by atoms with Crippen LogP contribution in [0.1, 0.15) is 83.3 Å². The smallest absolute Gasteiger partial charge is 0.189 e. The van der Waals surface area contributed by atoms with Crippen LogP contribution in [0.2, 0.25) is 0 Å². The lowest BCUT2D eigenvalue weighted by molar-refractivity contribution is 0.0227. The van der Waals surface area contributed by atoms with Crippen LogP contribution < -0.4 is 4.74 Å². The number of rotatable bonds is 13. The number of ether oxygens (including phenoxy) is 2. The number of hydrogen-bond donors (Lipinski definition) is 0. The molecule has 0 saturated carbocycles. The Morgan fingerprint density at radius 3 is 2.30 bits per heavy atom. The number of fused-ring (bicyclic) bond motifs is 2. The van der Waals surface area contributed by atoms with E-state index in [0.717, 1.165) is 12.2 Å². The Hall–Kier alpha value is -2.11. The second kappa shape index (κ2) is 13.6. The summed E-state index contributed by atoms with van der Waals surface area (Å²) in [5.74, 6) is 1.40. The Morgan fingerprint density at radius 2 is 1.54 bits per heavy atom. The number of benzene rings is 4. The maximum Gasteiger partial charge on any atom is 0.189 e. The minimum Gasteiger partial charge on any atom is -0.467 e. The molecule has 0 fully saturated rings. The van der Waals surface area contributed by atoms with Crippen molar-refractivity contribution >= 4 is 44.1 Å². The SMILES string of the molecule is CCCCCC(C)c1ccc(OCOCC)c(-c2c3cc(I)ccc3cc3ccc(CCCC)cc23)c1. The molecule has 0 aliphatic heterocycles. The van der Waals surface area contributed by atoms with E-state index in [4.69, 9.17) is 9.47 Å². The molecule has 196 valence electrons. The van der Waals surface area contributed by atoms with E-state index >= 15 is 0 Å². The third-order valence-electron chi connectivity index (χ3n) is 7.39. The van der Waals surface area contributed by atoms with E-state index in [1.54, 1.807) is 0 Å². The molecule has 0 bridgehead atoms. The van der Waals surface area contributed by atoms with E-state index in [1.165, 1.54) is 85.9 Å². The minimum atomic E-state index is 0.261. The highest BCUT2D eigenvalue weighted by Crippen LogP contribution is 2.43. The van der Waals surface area contributed by atoms with E-state index in [0.29, 0.717) is 12.5 Å². The highest BCUT2D eigenvalue weighted by Gasteiger charge is 2.18. The van der Waals surface area contributed by atoms with Crippen molar-refractivity contribution in [1.29, 1.82) is 0 Å². The fraction of sp³-hybridized carbons (Fsp3) is 0.412. The van der Waals surface area contributed by atoms with Crippen LogP contribution in [0, 0.1) is 3.57 Å². The monoisotopic (exact) mass is 608 g/mol. The molecule has 0 aliphatic rings. The summed E-state index contributed by atoms with van der Waals surface area (Å²) in [7, 11) is 0. The number of aryl methyl sites for hydroxylation is 1. The van der Waals surface area contributed by atoms with Gasteiger partial charge in [0.05, 0.1) is 0 Å². The van der Waals surface area contributed by atoms with Crippen molar-refractivity contribution in [3.63, 3.8) is 0 Å². The number of unbranched alkanes of at least 4 members (excludes halogenated alkanes) is 3. The molecule has 4 aromatic carbocycles. The van der Waals surface area contributed by atoms with Crippen LogP contribution in [0.25, 0.3) is 32.7 Å². The van der Waals surface area contributed by atoms with Crippen molar-refractivity contribution in [3.05, 3.63) is 75.4 Å². The molecular weight excluding hydrogens is 567 g/mol. The summed E-state index contributed by atoms with van der Waals surface area (Å²) in [5.41, 5.74) is 5.23. The number of halogens is 1. The summed E-state index contributed by atoms with van der Waals surface area (Å²) >= 11 is 2.43. The van der Waals surface area contributed by atoms with Gasteiger partial charge in [0, 0.05) is 21.3 Å². The molecule has 0 spiro atoms. The predicted octanol–water partition coefficient (Wildman–Crippen LogP) is 10.7. The standard InChI is InChI=1S/C34H41IO2/c1-5-8-10-11-24(4)26-16-18-33(37-23-36-7-3)32(21-26)34-30-19-25(12-9-6-2)13-14-27(30)20-28-15-17-29(35)22-31(28)34/h13-22,24H,5-12,23H2,1-4H3. The molecular formula is C34H41IO2. The molecule has 3 heteroatoms. The lowest BCUT2D eigenvalue weighted by atomic mass is 9.87. The van der Waals surface area contributed by atoms with Crippen molar-refractivity contribution < 1.29 is 9.47 Å². The molecule has 0 saturated heterocycles. The van der Waals surface area contributed by atoms with E-state index in [-0.39, 0.29) is 6.79 Å². The summed E-state index contributed by atoms with van der Waals surface area (Å²) in [4.78, 5) is 0. The van der Waals surface area contributed by atoms with Crippen LogP contribution in [0.5, 0.6) is 5.75 Å². The largest absolute Gasteiger partial charge is 0.467 e. The Balaban J connectivity index is 1.95. The van der Waals surface area contributed by atoms with Crippen molar-refractivity contribution in [2.45, 2.75) is 78.6 Å². The first-order valence-corrected chi connectivity index (χ1v) is 15.1. The lowest BCUT2D eigenvalue weighted by Crippen LogP contribution is -2.04. The van der Waals surface area contributed by atoms with Crippen LogP contribution in [0.3, 0.4) is 0 Å². The molecule has 0 N–H and O–H groups in total. The van der Waals surface area contributed by atoms with Gasteiger partial charge in [0.2, 0.25) is 0 Å². The zero-order chi connectivity index (χ0) is 26.2. The van der Waals surface area contributed by atoms with Gasteiger partial charge in [-0.3, -0.25) is 0 Å².